The first kappa shape index (κ1) is 9.29. The van der Waals surface area contributed by atoms with Crippen LogP contribution in [0.1, 0.15) is 24.8 Å². The van der Waals surface area contributed by atoms with Crippen molar-refractivity contribution in [2.75, 3.05) is 0 Å². The predicted molar refractivity (Wildman–Crippen MR) is 62.7 cm³/mol. The smallest absolute Gasteiger partial charge is 0.0427 e. The first-order valence-corrected chi connectivity index (χ1v) is 5.89. The number of halogens is 1. The van der Waals surface area contributed by atoms with E-state index in [0.29, 0.717) is 0 Å². The molecule has 1 aliphatic heterocycles. The van der Waals surface area contributed by atoms with Crippen LogP contribution in [0.15, 0.2) is 36.0 Å². The molecule has 15 heavy (non-hydrogen) atoms. The van der Waals surface area contributed by atoms with Gasteiger partial charge in [-0.15, -0.1) is 0 Å². The summed E-state index contributed by atoms with van der Waals surface area (Å²) in [6.07, 6.45) is 6.32. The van der Waals surface area contributed by atoms with Crippen LogP contribution in [0.4, 0.5) is 0 Å². The summed E-state index contributed by atoms with van der Waals surface area (Å²) in [5.41, 5.74) is 2.98. The summed E-state index contributed by atoms with van der Waals surface area (Å²) in [4.78, 5) is 2.47. The van der Waals surface area contributed by atoms with Crippen LogP contribution >= 0.6 is 11.6 Å². The molecule has 2 heteroatoms. The highest BCUT2D eigenvalue weighted by Crippen LogP contribution is 2.36. The molecule has 2 aliphatic rings. The second-order valence-electron chi connectivity index (χ2n) is 4.48. The summed E-state index contributed by atoms with van der Waals surface area (Å²) >= 11 is 5.87. The van der Waals surface area contributed by atoms with Crippen molar-refractivity contribution in [3.63, 3.8) is 0 Å². The van der Waals surface area contributed by atoms with E-state index in [2.05, 4.69) is 23.2 Å². The van der Waals surface area contributed by atoms with Crippen molar-refractivity contribution in [2.24, 2.45) is 0 Å². The van der Waals surface area contributed by atoms with Crippen LogP contribution in [0.25, 0.3) is 0 Å². The van der Waals surface area contributed by atoms with Crippen molar-refractivity contribution in [1.29, 1.82) is 0 Å². The fourth-order valence-corrected chi connectivity index (χ4v) is 2.70. The molecule has 0 amide bonds. The van der Waals surface area contributed by atoms with Gasteiger partial charge >= 0.3 is 0 Å². The number of benzene rings is 1. The van der Waals surface area contributed by atoms with Gasteiger partial charge in [-0.2, -0.15) is 0 Å². The van der Waals surface area contributed by atoms with Gasteiger partial charge in [0, 0.05) is 17.6 Å². The normalized spacial score (nSPS) is 23.4. The molecule has 0 N–H and O–H groups in total. The Kier molecular flexibility index (Phi) is 2.21. The van der Waals surface area contributed by atoms with Gasteiger partial charge in [-0.1, -0.05) is 29.3 Å². The first-order valence-electron chi connectivity index (χ1n) is 5.51. The maximum absolute atomic E-state index is 5.87. The van der Waals surface area contributed by atoms with E-state index in [0.717, 1.165) is 17.6 Å². The maximum Gasteiger partial charge on any atom is 0.0427 e. The molecular weight excluding hydrogens is 206 g/mol. The lowest BCUT2D eigenvalue weighted by Gasteiger charge is -2.25. The maximum atomic E-state index is 5.87. The van der Waals surface area contributed by atoms with E-state index < -0.39 is 0 Å². The third kappa shape index (κ3) is 1.76. The van der Waals surface area contributed by atoms with E-state index >= 15 is 0 Å². The zero-order valence-corrected chi connectivity index (χ0v) is 9.37. The molecule has 1 nitrogen and oxygen atoms in total. The van der Waals surface area contributed by atoms with Gasteiger partial charge in [0.1, 0.15) is 0 Å². The number of fused-ring (bicyclic) bond motifs is 2. The van der Waals surface area contributed by atoms with Crippen molar-refractivity contribution < 1.29 is 0 Å². The zero-order valence-electron chi connectivity index (χ0n) is 8.62. The fourth-order valence-electron chi connectivity index (χ4n) is 2.57. The molecule has 78 valence electrons. The summed E-state index contributed by atoms with van der Waals surface area (Å²) in [5.74, 6) is 0. The number of nitrogens with zero attached hydrogens (tertiary/aromatic N) is 1. The third-order valence-electron chi connectivity index (χ3n) is 3.39. The molecule has 0 radical (unpaired) electrons. The molecular formula is C13H14ClN. The predicted octanol–water partition coefficient (Wildman–Crippen LogP) is 3.59. The Bertz CT molecular complexity index is 394. The molecule has 0 aromatic heterocycles. The van der Waals surface area contributed by atoms with E-state index in [1.165, 1.54) is 24.8 Å². The quantitative estimate of drug-likeness (QED) is 0.735. The lowest BCUT2D eigenvalue weighted by Crippen LogP contribution is -2.25. The monoisotopic (exact) mass is 219 g/mol. The molecule has 0 spiro atoms. The van der Waals surface area contributed by atoms with E-state index in [1.54, 1.807) is 5.57 Å². The minimum Gasteiger partial charge on any atom is -0.370 e. The van der Waals surface area contributed by atoms with Gasteiger partial charge in [0.2, 0.25) is 0 Å². The highest BCUT2D eigenvalue weighted by molar-refractivity contribution is 6.30. The molecule has 2 bridgehead atoms. The van der Waals surface area contributed by atoms with Crippen LogP contribution in [0, 0.1) is 0 Å². The summed E-state index contributed by atoms with van der Waals surface area (Å²) in [6, 6.07) is 8.95. The van der Waals surface area contributed by atoms with E-state index in [9.17, 15) is 0 Å². The van der Waals surface area contributed by atoms with E-state index in [-0.39, 0.29) is 0 Å². The van der Waals surface area contributed by atoms with Gasteiger partial charge < -0.3 is 4.90 Å². The molecule has 1 aliphatic carbocycles. The van der Waals surface area contributed by atoms with Crippen molar-refractivity contribution >= 4 is 11.6 Å². The Morgan fingerprint density at radius 2 is 2.07 bits per heavy atom. The zero-order chi connectivity index (χ0) is 10.3. The minimum absolute atomic E-state index is 0.774. The van der Waals surface area contributed by atoms with Crippen molar-refractivity contribution in [3.05, 3.63) is 46.6 Å². The summed E-state index contributed by atoms with van der Waals surface area (Å²) in [5, 5.41) is 0.819. The van der Waals surface area contributed by atoms with Crippen molar-refractivity contribution in [1.82, 2.24) is 4.90 Å². The second-order valence-corrected chi connectivity index (χ2v) is 4.92. The van der Waals surface area contributed by atoms with Crippen LogP contribution < -0.4 is 0 Å². The average molecular weight is 220 g/mol. The van der Waals surface area contributed by atoms with Crippen LogP contribution in [0.2, 0.25) is 5.02 Å². The molecule has 1 heterocycles. The van der Waals surface area contributed by atoms with Crippen LogP contribution in [-0.4, -0.2) is 10.9 Å². The molecule has 1 aromatic rings. The van der Waals surface area contributed by atoms with E-state index in [4.69, 9.17) is 11.6 Å². The number of hydrogen-bond acceptors (Lipinski definition) is 1. The van der Waals surface area contributed by atoms with Crippen molar-refractivity contribution in [3.8, 4) is 0 Å². The highest BCUT2D eigenvalue weighted by atomic mass is 35.5. The minimum atomic E-state index is 0.774. The van der Waals surface area contributed by atoms with Crippen LogP contribution in [-0.2, 0) is 6.54 Å². The standard InChI is InChI=1S/C13H14ClN/c14-12-4-1-10(2-5-12)8-15-9-11-3-6-13(15)7-11/h1-2,4-5,9,13H,3,6-8H2/t13-/m1/s1. The summed E-state index contributed by atoms with van der Waals surface area (Å²) in [6.45, 7) is 1.03. The third-order valence-corrected chi connectivity index (χ3v) is 3.64. The number of hydrogen-bond donors (Lipinski definition) is 0. The Morgan fingerprint density at radius 1 is 1.27 bits per heavy atom. The topological polar surface area (TPSA) is 3.24 Å². The molecule has 1 fully saturated rings. The van der Waals surface area contributed by atoms with Gasteiger partial charge in [0.05, 0.1) is 0 Å². The number of rotatable bonds is 2. The largest absolute Gasteiger partial charge is 0.370 e. The van der Waals surface area contributed by atoms with Gasteiger partial charge in [-0.25, -0.2) is 0 Å². The lowest BCUT2D eigenvalue weighted by molar-refractivity contribution is 0.285. The molecule has 3 rings (SSSR count). The van der Waals surface area contributed by atoms with Gasteiger partial charge in [-0.3, -0.25) is 0 Å². The fraction of sp³-hybridized carbons (Fsp3) is 0.385. The van der Waals surface area contributed by atoms with Gasteiger partial charge in [0.25, 0.3) is 0 Å². The highest BCUT2D eigenvalue weighted by Gasteiger charge is 2.29. The summed E-state index contributed by atoms with van der Waals surface area (Å²) in [7, 11) is 0. The molecule has 1 atom stereocenters. The second kappa shape index (κ2) is 3.57. The first-order chi connectivity index (χ1) is 7.31. The van der Waals surface area contributed by atoms with Crippen LogP contribution in [0.3, 0.4) is 0 Å². The van der Waals surface area contributed by atoms with Crippen molar-refractivity contribution in [2.45, 2.75) is 31.8 Å². The Balaban J connectivity index is 1.74. The van der Waals surface area contributed by atoms with Gasteiger partial charge in [-0.05, 0) is 43.2 Å². The molecule has 0 saturated heterocycles. The lowest BCUT2D eigenvalue weighted by atomic mass is 10.1. The average Bonchev–Trinajstić information content (AvgIpc) is 2.83. The van der Waals surface area contributed by atoms with Crippen LogP contribution in [0.5, 0.6) is 0 Å². The SMILES string of the molecule is Clc1ccc(CN2C=C3CC[C@@H]2C3)cc1. The van der Waals surface area contributed by atoms with Gasteiger partial charge in [0.15, 0.2) is 0 Å². The Morgan fingerprint density at radius 3 is 2.67 bits per heavy atom. The molecule has 1 saturated carbocycles. The summed E-state index contributed by atoms with van der Waals surface area (Å²) < 4.78 is 0. The Hall–Kier alpha value is -0.950. The molecule has 1 aromatic carbocycles. The Labute approximate surface area is 95.3 Å². The molecule has 0 unspecified atom stereocenters. The van der Waals surface area contributed by atoms with E-state index in [1.807, 2.05) is 12.1 Å².